The molecule has 2 aromatic heterocycles. The molecule has 0 aliphatic heterocycles. The Bertz CT molecular complexity index is 595. The minimum atomic E-state index is 0.100. The first kappa shape index (κ1) is 14.3. The number of oxime groups is 1. The molecule has 0 radical (unpaired) electrons. The van der Waals surface area contributed by atoms with Crippen LogP contribution in [0.4, 0.5) is 5.82 Å². The molecule has 20 heavy (non-hydrogen) atoms. The van der Waals surface area contributed by atoms with Gasteiger partial charge in [-0.1, -0.05) is 11.2 Å². The molecule has 2 rings (SSSR count). The van der Waals surface area contributed by atoms with E-state index in [-0.39, 0.29) is 5.84 Å². The molecule has 0 saturated heterocycles. The van der Waals surface area contributed by atoms with Crippen molar-refractivity contribution in [2.45, 2.75) is 13.3 Å². The van der Waals surface area contributed by atoms with Gasteiger partial charge in [0.25, 0.3) is 0 Å². The van der Waals surface area contributed by atoms with Crippen LogP contribution in [-0.4, -0.2) is 29.6 Å². The molecule has 0 aliphatic carbocycles. The van der Waals surface area contributed by atoms with Crippen molar-refractivity contribution in [1.82, 2.24) is 4.98 Å². The van der Waals surface area contributed by atoms with E-state index in [1.165, 1.54) is 4.88 Å². The monoisotopic (exact) mass is 290 g/mol. The number of rotatable bonds is 5. The van der Waals surface area contributed by atoms with Crippen LogP contribution in [-0.2, 0) is 6.42 Å². The van der Waals surface area contributed by atoms with Gasteiger partial charge in [0.15, 0.2) is 5.84 Å². The fourth-order valence-electron chi connectivity index (χ4n) is 1.90. The Morgan fingerprint density at radius 1 is 1.50 bits per heavy atom. The zero-order chi connectivity index (χ0) is 14.5. The van der Waals surface area contributed by atoms with Crippen molar-refractivity contribution < 1.29 is 5.21 Å². The van der Waals surface area contributed by atoms with Crippen molar-refractivity contribution in [3.8, 4) is 0 Å². The number of pyridine rings is 1. The first-order chi connectivity index (χ1) is 9.60. The van der Waals surface area contributed by atoms with Crippen LogP contribution in [0.3, 0.4) is 0 Å². The molecular formula is C14H18N4OS. The normalized spacial score (nSPS) is 11.6. The second kappa shape index (κ2) is 6.38. The van der Waals surface area contributed by atoms with Crippen molar-refractivity contribution in [2.75, 3.05) is 18.5 Å². The molecule has 0 fully saturated rings. The standard InChI is InChI=1S/C14H18N4OS/c1-10-8-11(14(15)17-19)9-13(16-10)18(2)6-5-12-4-3-7-20-12/h3-4,7-9,19H,5-6H2,1-2H3,(H2,15,17). The predicted octanol–water partition coefficient (Wildman–Crippen LogP) is 2.22. The Morgan fingerprint density at radius 2 is 2.30 bits per heavy atom. The van der Waals surface area contributed by atoms with Crippen molar-refractivity contribution in [3.63, 3.8) is 0 Å². The SMILES string of the molecule is Cc1cc(/C(N)=N/O)cc(N(C)CCc2cccs2)n1. The zero-order valence-electron chi connectivity index (χ0n) is 11.6. The molecule has 3 N–H and O–H groups in total. The number of hydrogen-bond donors (Lipinski definition) is 2. The molecule has 6 heteroatoms. The molecule has 0 spiro atoms. The van der Waals surface area contributed by atoms with Crippen LogP contribution < -0.4 is 10.6 Å². The summed E-state index contributed by atoms with van der Waals surface area (Å²) in [6.07, 6.45) is 0.975. The molecule has 0 atom stereocenters. The summed E-state index contributed by atoms with van der Waals surface area (Å²) in [4.78, 5) is 7.91. The van der Waals surface area contributed by atoms with Gasteiger partial charge in [0.2, 0.25) is 0 Å². The van der Waals surface area contributed by atoms with E-state index in [9.17, 15) is 0 Å². The van der Waals surface area contributed by atoms with Gasteiger partial charge in [0.05, 0.1) is 0 Å². The topological polar surface area (TPSA) is 74.7 Å². The van der Waals surface area contributed by atoms with E-state index < -0.39 is 0 Å². The van der Waals surface area contributed by atoms with Crippen LogP contribution in [0.15, 0.2) is 34.8 Å². The number of nitrogens with two attached hydrogens (primary N) is 1. The van der Waals surface area contributed by atoms with Crippen molar-refractivity contribution in [1.29, 1.82) is 0 Å². The number of hydrogen-bond acceptors (Lipinski definition) is 5. The summed E-state index contributed by atoms with van der Waals surface area (Å²) in [5.74, 6) is 0.923. The highest BCUT2D eigenvalue weighted by molar-refractivity contribution is 7.09. The molecule has 2 aromatic rings. The number of thiophene rings is 1. The van der Waals surface area contributed by atoms with Gasteiger partial charge in [-0.3, -0.25) is 0 Å². The summed E-state index contributed by atoms with van der Waals surface area (Å²) in [7, 11) is 1.99. The molecule has 106 valence electrons. The molecule has 0 aliphatic rings. The predicted molar refractivity (Wildman–Crippen MR) is 82.8 cm³/mol. The van der Waals surface area contributed by atoms with Gasteiger partial charge in [-0.25, -0.2) is 4.98 Å². The van der Waals surface area contributed by atoms with Crippen molar-refractivity contribution in [2.24, 2.45) is 10.9 Å². The lowest BCUT2D eigenvalue weighted by Gasteiger charge is -2.19. The third kappa shape index (κ3) is 3.48. The van der Waals surface area contributed by atoms with E-state index in [2.05, 4.69) is 32.6 Å². The fourth-order valence-corrected chi connectivity index (χ4v) is 2.60. The van der Waals surface area contributed by atoms with E-state index in [4.69, 9.17) is 10.9 Å². The number of aryl methyl sites for hydroxylation is 1. The summed E-state index contributed by atoms with van der Waals surface area (Å²) in [5, 5.41) is 13.9. The smallest absolute Gasteiger partial charge is 0.170 e. The number of nitrogens with zero attached hydrogens (tertiary/aromatic N) is 3. The van der Waals surface area contributed by atoms with E-state index in [0.29, 0.717) is 5.56 Å². The molecular weight excluding hydrogens is 272 g/mol. The first-order valence-corrected chi connectivity index (χ1v) is 7.18. The summed E-state index contributed by atoms with van der Waals surface area (Å²) < 4.78 is 0. The number of likely N-dealkylation sites (N-methyl/N-ethyl adjacent to an activating group) is 1. The van der Waals surface area contributed by atoms with E-state index in [1.807, 2.05) is 20.0 Å². The fraction of sp³-hybridized carbons (Fsp3) is 0.286. The van der Waals surface area contributed by atoms with E-state index in [0.717, 1.165) is 24.5 Å². The second-order valence-electron chi connectivity index (χ2n) is 4.59. The molecule has 0 aromatic carbocycles. The maximum absolute atomic E-state index is 8.77. The highest BCUT2D eigenvalue weighted by Crippen LogP contribution is 2.16. The quantitative estimate of drug-likeness (QED) is 0.383. The molecule has 0 amide bonds. The van der Waals surface area contributed by atoms with Gasteiger partial charge in [-0.05, 0) is 36.9 Å². The molecule has 2 heterocycles. The van der Waals surface area contributed by atoms with E-state index >= 15 is 0 Å². The Labute approximate surface area is 122 Å². The van der Waals surface area contributed by atoms with E-state index in [1.54, 1.807) is 17.4 Å². The van der Waals surface area contributed by atoms with Gasteiger partial charge in [-0.2, -0.15) is 0 Å². The zero-order valence-corrected chi connectivity index (χ0v) is 12.4. The Balaban J connectivity index is 2.12. The maximum atomic E-state index is 8.77. The van der Waals surface area contributed by atoms with Gasteiger partial charge >= 0.3 is 0 Å². The Kier molecular flexibility index (Phi) is 4.57. The second-order valence-corrected chi connectivity index (χ2v) is 5.62. The Morgan fingerprint density at radius 3 is 2.95 bits per heavy atom. The van der Waals surface area contributed by atoms with Crippen LogP contribution in [0.1, 0.15) is 16.1 Å². The third-order valence-corrected chi connectivity index (χ3v) is 3.94. The number of aromatic nitrogens is 1. The lowest BCUT2D eigenvalue weighted by Crippen LogP contribution is -2.22. The van der Waals surface area contributed by atoms with Gasteiger partial charge < -0.3 is 15.8 Å². The lowest BCUT2D eigenvalue weighted by atomic mass is 10.2. The first-order valence-electron chi connectivity index (χ1n) is 6.30. The average molecular weight is 290 g/mol. The molecule has 5 nitrogen and oxygen atoms in total. The maximum Gasteiger partial charge on any atom is 0.170 e. The van der Waals surface area contributed by atoms with Crippen LogP contribution in [0, 0.1) is 6.92 Å². The highest BCUT2D eigenvalue weighted by atomic mass is 32.1. The van der Waals surface area contributed by atoms with Gasteiger partial charge in [0, 0.05) is 29.7 Å². The molecule has 0 saturated carbocycles. The van der Waals surface area contributed by atoms with Crippen molar-refractivity contribution in [3.05, 3.63) is 45.8 Å². The van der Waals surface area contributed by atoms with Crippen molar-refractivity contribution >= 4 is 23.0 Å². The highest BCUT2D eigenvalue weighted by Gasteiger charge is 2.08. The van der Waals surface area contributed by atoms with Crippen LogP contribution >= 0.6 is 11.3 Å². The largest absolute Gasteiger partial charge is 0.409 e. The minimum absolute atomic E-state index is 0.100. The van der Waals surface area contributed by atoms with Crippen LogP contribution in [0.2, 0.25) is 0 Å². The summed E-state index contributed by atoms with van der Waals surface area (Å²) in [5.41, 5.74) is 7.16. The van der Waals surface area contributed by atoms with Crippen LogP contribution in [0.5, 0.6) is 0 Å². The van der Waals surface area contributed by atoms with Gasteiger partial charge in [0.1, 0.15) is 5.82 Å². The summed E-state index contributed by atoms with van der Waals surface area (Å²) in [6, 6.07) is 7.81. The summed E-state index contributed by atoms with van der Waals surface area (Å²) >= 11 is 1.76. The number of amidine groups is 1. The average Bonchev–Trinajstić information content (AvgIpc) is 2.96. The minimum Gasteiger partial charge on any atom is -0.409 e. The van der Waals surface area contributed by atoms with Crippen LogP contribution in [0.25, 0.3) is 0 Å². The summed E-state index contributed by atoms with van der Waals surface area (Å²) in [6.45, 7) is 2.76. The lowest BCUT2D eigenvalue weighted by molar-refractivity contribution is 0.318. The third-order valence-electron chi connectivity index (χ3n) is 3.01. The molecule has 0 unspecified atom stereocenters. The Hall–Kier alpha value is -2.08. The molecule has 0 bridgehead atoms. The van der Waals surface area contributed by atoms with Gasteiger partial charge in [-0.15, -0.1) is 11.3 Å². The number of anilines is 1.